The van der Waals surface area contributed by atoms with E-state index in [1.165, 1.54) is 6.07 Å². The highest BCUT2D eigenvalue weighted by Crippen LogP contribution is 2.31. The molecule has 0 saturated carbocycles. The molecule has 3 N–H and O–H groups in total. The Bertz CT molecular complexity index is 805. The summed E-state index contributed by atoms with van der Waals surface area (Å²) in [6, 6.07) is 6.27. The van der Waals surface area contributed by atoms with Gasteiger partial charge >= 0.3 is 0 Å². The summed E-state index contributed by atoms with van der Waals surface area (Å²) < 4.78 is 21.2. The second-order valence-electron chi connectivity index (χ2n) is 5.11. The van der Waals surface area contributed by atoms with Gasteiger partial charge in [0.25, 0.3) is 0 Å². The first-order valence-electron chi connectivity index (χ1n) is 6.67. The van der Waals surface area contributed by atoms with Crippen molar-refractivity contribution in [2.75, 3.05) is 0 Å². The van der Waals surface area contributed by atoms with Crippen LogP contribution in [0.2, 0.25) is 0 Å². The van der Waals surface area contributed by atoms with Crippen LogP contribution in [0.1, 0.15) is 28.8 Å². The number of halogens is 1. The summed E-state index contributed by atoms with van der Waals surface area (Å²) in [6.45, 7) is 3.87. The lowest BCUT2D eigenvalue weighted by molar-refractivity contribution is 0.463. The first-order valence-corrected chi connectivity index (χ1v) is 6.67. The van der Waals surface area contributed by atoms with E-state index in [4.69, 9.17) is 10.3 Å². The molecular formula is C15H17FN4O. The molecule has 21 heavy (non-hydrogen) atoms. The minimum absolute atomic E-state index is 0.243. The summed E-state index contributed by atoms with van der Waals surface area (Å²) in [5.74, 6) is 5.89. The smallest absolute Gasteiger partial charge is 0.169 e. The minimum Gasteiger partial charge on any atom is -0.456 e. The highest BCUT2D eigenvalue weighted by Gasteiger charge is 2.24. The van der Waals surface area contributed by atoms with E-state index >= 15 is 0 Å². The molecule has 0 aliphatic carbocycles. The second-order valence-corrected chi connectivity index (χ2v) is 5.11. The van der Waals surface area contributed by atoms with Crippen LogP contribution in [0.4, 0.5) is 4.39 Å². The average Bonchev–Trinajstić information content (AvgIpc) is 2.97. The van der Waals surface area contributed by atoms with Gasteiger partial charge in [-0.05, 0) is 26.0 Å². The highest BCUT2D eigenvalue weighted by atomic mass is 19.1. The molecule has 6 heteroatoms. The molecule has 5 nitrogen and oxygen atoms in total. The third kappa shape index (κ3) is 2.12. The molecule has 0 bridgehead atoms. The normalized spacial score (nSPS) is 13.0. The number of hydrogen-bond donors (Lipinski definition) is 2. The molecule has 1 atom stereocenters. The number of para-hydroxylation sites is 1. The summed E-state index contributed by atoms with van der Waals surface area (Å²) in [6.07, 6.45) is 0. The Morgan fingerprint density at radius 3 is 2.71 bits per heavy atom. The Hall–Kier alpha value is -2.18. The van der Waals surface area contributed by atoms with Gasteiger partial charge in [0, 0.05) is 23.7 Å². The number of nitrogens with two attached hydrogens (primary N) is 1. The van der Waals surface area contributed by atoms with E-state index in [2.05, 4.69) is 10.5 Å². The van der Waals surface area contributed by atoms with Gasteiger partial charge in [-0.15, -0.1) is 0 Å². The molecule has 2 aromatic heterocycles. The molecule has 110 valence electrons. The Morgan fingerprint density at radius 1 is 1.38 bits per heavy atom. The maximum absolute atomic E-state index is 13.8. The van der Waals surface area contributed by atoms with Crippen LogP contribution in [-0.4, -0.2) is 9.78 Å². The number of fused-ring (bicyclic) bond motifs is 1. The molecule has 0 saturated heterocycles. The van der Waals surface area contributed by atoms with E-state index in [0.717, 1.165) is 17.0 Å². The lowest BCUT2D eigenvalue weighted by Gasteiger charge is -2.14. The minimum atomic E-state index is -0.380. The molecule has 0 spiro atoms. The first-order chi connectivity index (χ1) is 10.0. The molecule has 0 amide bonds. The van der Waals surface area contributed by atoms with Gasteiger partial charge in [0.1, 0.15) is 11.8 Å². The fraction of sp³-hybridized carbons (Fsp3) is 0.267. The lowest BCUT2D eigenvalue weighted by Crippen LogP contribution is -2.29. The van der Waals surface area contributed by atoms with Gasteiger partial charge in [-0.1, -0.05) is 12.1 Å². The van der Waals surface area contributed by atoms with E-state index in [0.29, 0.717) is 11.1 Å². The Morgan fingerprint density at radius 2 is 2.14 bits per heavy atom. The topological polar surface area (TPSA) is 69.0 Å². The number of nitrogens with one attached hydrogen (secondary N) is 1. The van der Waals surface area contributed by atoms with Gasteiger partial charge in [0.05, 0.1) is 5.69 Å². The standard InChI is InChI=1S/C15H17FN4O/c1-8-13(9(2)20(3)19-8)14(18-17)12-7-10-5-4-6-11(16)15(10)21-12/h4-7,14,18H,17H2,1-3H3. The third-order valence-electron chi connectivity index (χ3n) is 3.82. The van der Waals surface area contributed by atoms with E-state index in [1.807, 2.05) is 27.0 Å². The molecule has 2 heterocycles. The molecular weight excluding hydrogens is 271 g/mol. The van der Waals surface area contributed by atoms with Crippen LogP contribution in [0.5, 0.6) is 0 Å². The largest absolute Gasteiger partial charge is 0.456 e. The summed E-state index contributed by atoms with van der Waals surface area (Å²) in [5.41, 5.74) is 5.77. The van der Waals surface area contributed by atoms with Crippen LogP contribution in [0.25, 0.3) is 11.0 Å². The molecule has 1 unspecified atom stereocenters. The van der Waals surface area contributed by atoms with E-state index in [1.54, 1.807) is 16.8 Å². The van der Waals surface area contributed by atoms with Crippen LogP contribution in [0, 0.1) is 19.7 Å². The van der Waals surface area contributed by atoms with Gasteiger partial charge in [-0.3, -0.25) is 10.5 Å². The summed E-state index contributed by atoms with van der Waals surface area (Å²) in [7, 11) is 1.87. The van der Waals surface area contributed by atoms with Gasteiger partial charge in [0.15, 0.2) is 11.4 Å². The maximum atomic E-state index is 13.8. The number of hydrazine groups is 1. The predicted molar refractivity (Wildman–Crippen MR) is 78.0 cm³/mol. The van der Waals surface area contributed by atoms with Crippen molar-refractivity contribution in [2.45, 2.75) is 19.9 Å². The summed E-state index contributed by atoms with van der Waals surface area (Å²) >= 11 is 0. The maximum Gasteiger partial charge on any atom is 0.169 e. The van der Waals surface area contributed by atoms with Gasteiger partial charge in [-0.25, -0.2) is 9.82 Å². The number of benzene rings is 1. The van der Waals surface area contributed by atoms with Gasteiger partial charge in [-0.2, -0.15) is 5.10 Å². The molecule has 0 radical (unpaired) electrons. The molecule has 0 aliphatic heterocycles. The fourth-order valence-corrected chi connectivity index (χ4v) is 2.71. The van der Waals surface area contributed by atoms with E-state index in [9.17, 15) is 4.39 Å². The van der Waals surface area contributed by atoms with Crippen LogP contribution in [0.15, 0.2) is 28.7 Å². The Kier molecular flexibility index (Phi) is 3.27. The number of aryl methyl sites for hydroxylation is 2. The van der Waals surface area contributed by atoms with Crippen molar-refractivity contribution in [1.29, 1.82) is 0 Å². The molecule has 0 aliphatic rings. The summed E-state index contributed by atoms with van der Waals surface area (Å²) in [5, 5.41) is 5.09. The number of furan rings is 1. The monoisotopic (exact) mass is 288 g/mol. The molecule has 3 rings (SSSR count). The van der Waals surface area contributed by atoms with Crippen molar-refractivity contribution in [2.24, 2.45) is 12.9 Å². The van der Waals surface area contributed by atoms with Crippen molar-refractivity contribution < 1.29 is 8.81 Å². The third-order valence-corrected chi connectivity index (χ3v) is 3.82. The quantitative estimate of drug-likeness (QED) is 0.574. The average molecular weight is 288 g/mol. The zero-order chi connectivity index (χ0) is 15.1. The fourth-order valence-electron chi connectivity index (χ4n) is 2.71. The van der Waals surface area contributed by atoms with E-state index in [-0.39, 0.29) is 17.4 Å². The number of nitrogens with zero attached hydrogens (tertiary/aromatic N) is 2. The van der Waals surface area contributed by atoms with Gasteiger partial charge in [0.2, 0.25) is 0 Å². The van der Waals surface area contributed by atoms with Crippen LogP contribution >= 0.6 is 0 Å². The predicted octanol–water partition coefficient (Wildman–Crippen LogP) is 2.47. The molecule has 0 fully saturated rings. The van der Waals surface area contributed by atoms with Crippen LogP contribution in [-0.2, 0) is 7.05 Å². The van der Waals surface area contributed by atoms with Crippen molar-refractivity contribution in [3.8, 4) is 0 Å². The SMILES string of the molecule is Cc1nn(C)c(C)c1C(NN)c1cc2cccc(F)c2o1. The van der Waals surface area contributed by atoms with Crippen LogP contribution in [0.3, 0.4) is 0 Å². The zero-order valence-corrected chi connectivity index (χ0v) is 12.1. The molecule has 3 aromatic rings. The van der Waals surface area contributed by atoms with Crippen molar-refractivity contribution in [3.05, 3.63) is 52.8 Å². The molecule has 1 aromatic carbocycles. The number of hydrogen-bond acceptors (Lipinski definition) is 4. The highest BCUT2D eigenvalue weighted by molar-refractivity contribution is 5.78. The number of aromatic nitrogens is 2. The van der Waals surface area contributed by atoms with Crippen molar-refractivity contribution >= 4 is 11.0 Å². The van der Waals surface area contributed by atoms with Crippen LogP contribution < -0.4 is 11.3 Å². The Labute approximate surface area is 121 Å². The Balaban J connectivity index is 2.16. The lowest BCUT2D eigenvalue weighted by atomic mass is 10.0. The van der Waals surface area contributed by atoms with Gasteiger partial charge < -0.3 is 4.42 Å². The number of rotatable bonds is 3. The van der Waals surface area contributed by atoms with Crippen molar-refractivity contribution in [3.63, 3.8) is 0 Å². The first kappa shape index (κ1) is 13.8. The van der Waals surface area contributed by atoms with E-state index < -0.39 is 0 Å². The summed E-state index contributed by atoms with van der Waals surface area (Å²) in [4.78, 5) is 0. The second kappa shape index (κ2) is 4.98. The van der Waals surface area contributed by atoms with Crippen molar-refractivity contribution in [1.82, 2.24) is 15.2 Å². The zero-order valence-electron chi connectivity index (χ0n) is 12.1.